The van der Waals surface area contributed by atoms with E-state index < -0.39 is 24.5 Å². The molecule has 0 aliphatic heterocycles. The molecule has 2 aromatic rings. The highest BCUT2D eigenvalue weighted by Gasteiger charge is 2.30. The summed E-state index contributed by atoms with van der Waals surface area (Å²) in [4.78, 5) is 24.0. The van der Waals surface area contributed by atoms with Crippen molar-refractivity contribution in [3.63, 3.8) is 0 Å². The fourth-order valence-electron chi connectivity index (χ4n) is 2.04. The summed E-state index contributed by atoms with van der Waals surface area (Å²) in [6.07, 6.45) is 0. The normalized spacial score (nSPS) is 12.0. The van der Waals surface area contributed by atoms with Gasteiger partial charge in [0.1, 0.15) is 0 Å². The average molecular weight is 308 g/mol. The highest BCUT2D eigenvalue weighted by atomic mass is 35.5. The maximum Gasteiger partial charge on any atom is 0.332 e. The molecule has 21 heavy (non-hydrogen) atoms. The van der Waals surface area contributed by atoms with Crippen LogP contribution >= 0.6 is 11.8 Å². The number of aliphatic hydroxyl groups excluding tert-OH is 1. The summed E-state index contributed by atoms with van der Waals surface area (Å²) in [5.41, 5.74) is 0.352. The summed E-state index contributed by atoms with van der Waals surface area (Å²) in [5.74, 6) is -1.35. The Kier molecular flexibility index (Phi) is 4.77. The number of carbonyl (C=O) groups excluding carboxylic acids is 2. The molecule has 1 N–H and O–H groups in total. The number of hydrogen-bond donors (Lipinski definition) is 1. The van der Waals surface area contributed by atoms with Crippen molar-refractivity contribution in [1.29, 1.82) is 0 Å². The number of aliphatic hydroxyl groups is 1. The summed E-state index contributed by atoms with van der Waals surface area (Å²) in [7, 11) is 1.16. The van der Waals surface area contributed by atoms with Crippen LogP contribution in [0.5, 0.6) is 0 Å². The van der Waals surface area contributed by atoms with E-state index in [0.717, 1.165) is 17.9 Å². The highest BCUT2D eigenvalue weighted by molar-refractivity contribution is 6.27. The standard InChI is InChI=1S/C15H14ClNO4/c1-21-15(20)13(9-18)17(16)14(19)12-8-4-6-10-5-2-3-7-11(10)12/h2-8,13,18H,9H2,1H3. The monoisotopic (exact) mass is 307 g/mol. The second kappa shape index (κ2) is 6.56. The molecule has 0 fully saturated rings. The Balaban J connectivity index is 2.40. The Labute approximate surface area is 126 Å². The highest BCUT2D eigenvalue weighted by Crippen LogP contribution is 2.22. The van der Waals surface area contributed by atoms with Gasteiger partial charge < -0.3 is 9.84 Å². The van der Waals surface area contributed by atoms with E-state index in [2.05, 4.69) is 4.74 Å². The third-order valence-corrected chi connectivity index (χ3v) is 3.52. The lowest BCUT2D eigenvalue weighted by Gasteiger charge is -2.21. The quantitative estimate of drug-likeness (QED) is 0.693. The Hall–Kier alpha value is -2.11. The molecule has 0 spiro atoms. The lowest BCUT2D eigenvalue weighted by Crippen LogP contribution is -2.42. The maximum atomic E-state index is 12.5. The molecule has 1 atom stereocenters. The van der Waals surface area contributed by atoms with E-state index >= 15 is 0 Å². The minimum Gasteiger partial charge on any atom is -0.467 e. The molecule has 2 rings (SSSR count). The summed E-state index contributed by atoms with van der Waals surface area (Å²) < 4.78 is 5.19. The molecule has 0 saturated carbocycles. The molecule has 6 heteroatoms. The van der Waals surface area contributed by atoms with Gasteiger partial charge in [0.05, 0.1) is 13.7 Å². The zero-order valence-corrected chi connectivity index (χ0v) is 12.1. The Morgan fingerprint density at radius 2 is 1.90 bits per heavy atom. The van der Waals surface area contributed by atoms with Gasteiger partial charge in [-0.15, -0.1) is 0 Å². The smallest absolute Gasteiger partial charge is 0.332 e. The predicted molar refractivity (Wildman–Crippen MR) is 78.9 cm³/mol. The van der Waals surface area contributed by atoms with Gasteiger partial charge in [-0.05, 0) is 16.8 Å². The minimum atomic E-state index is -1.25. The number of fused-ring (bicyclic) bond motifs is 1. The first-order chi connectivity index (χ1) is 10.1. The largest absolute Gasteiger partial charge is 0.467 e. The van der Waals surface area contributed by atoms with Gasteiger partial charge in [-0.25, -0.2) is 9.21 Å². The summed E-state index contributed by atoms with van der Waals surface area (Å²) in [6, 6.07) is 11.3. The second-order valence-electron chi connectivity index (χ2n) is 4.36. The van der Waals surface area contributed by atoms with Gasteiger partial charge in [0.2, 0.25) is 0 Å². The molecule has 1 unspecified atom stereocenters. The first kappa shape index (κ1) is 15.3. The first-order valence-electron chi connectivity index (χ1n) is 6.26. The number of methoxy groups -OCH3 is 1. The Morgan fingerprint density at radius 1 is 1.24 bits per heavy atom. The van der Waals surface area contributed by atoms with Gasteiger partial charge in [-0.2, -0.15) is 0 Å². The van der Waals surface area contributed by atoms with E-state index in [1.807, 2.05) is 24.3 Å². The molecule has 0 aromatic heterocycles. The summed E-state index contributed by atoms with van der Waals surface area (Å²) in [5, 5.41) is 10.8. The zero-order valence-electron chi connectivity index (χ0n) is 11.3. The number of esters is 1. The number of hydrogen-bond acceptors (Lipinski definition) is 4. The van der Waals surface area contributed by atoms with Crippen LogP contribution in [0.25, 0.3) is 10.8 Å². The van der Waals surface area contributed by atoms with Crippen LogP contribution in [0.3, 0.4) is 0 Å². The van der Waals surface area contributed by atoms with E-state index in [1.54, 1.807) is 18.2 Å². The lowest BCUT2D eigenvalue weighted by molar-refractivity contribution is -0.145. The van der Waals surface area contributed by atoms with Crippen LogP contribution in [-0.2, 0) is 9.53 Å². The van der Waals surface area contributed by atoms with Crippen LogP contribution < -0.4 is 0 Å². The van der Waals surface area contributed by atoms with E-state index in [1.165, 1.54) is 0 Å². The first-order valence-corrected chi connectivity index (χ1v) is 6.59. The number of carbonyl (C=O) groups is 2. The third-order valence-electron chi connectivity index (χ3n) is 3.13. The van der Waals surface area contributed by atoms with Crippen LogP contribution in [0.15, 0.2) is 42.5 Å². The molecular formula is C15H14ClNO4. The summed E-state index contributed by atoms with van der Waals surface area (Å²) in [6.45, 7) is -0.618. The summed E-state index contributed by atoms with van der Waals surface area (Å²) >= 11 is 5.93. The van der Waals surface area contributed by atoms with Crippen molar-refractivity contribution in [1.82, 2.24) is 4.42 Å². The van der Waals surface area contributed by atoms with Crippen molar-refractivity contribution >= 4 is 34.4 Å². The number of halogens is 1. The molecule has 0 bridgehead atoms. The van der Waals surface area contributed by atoms with Crippen molar-refractivity contribution in [3.8, 4) is 0 Å². The molecule has 0 radical (unpaired) electrons. The SMILES string of the molecule is COC(=O)C(CO)N(Cl)C(=O)c1cccc2ccccc12. The molecule has 5 nitrogen and oxygen atoms in total. The van der Waals surface area contributed by atoms with Gasteiger partial charge in [0.15, 0.2) is 6.04 Å². The Morgan fingerprint density at radius 3 is 2.57 bits per heavy atom. The Bertz CT molecular complexity index is 668. The van der Waals surface area contributed by atoms with E-state index in [0.29, 0.717) is 9.98 Å². The van der Waals surface area contributed by atoms with Gasteiger partial charge >= 0.3 is 5.97 Å². The van der Waals surface area contributed by atoms with Gasteiger partial charge in [-0.3, -0.25) is 4.79 Å². The fourth-order valence-corrected chi connectivity index (χ4v) is 2.28. The molecular weight excluding hydrogens is 294 g/mol. The second-order valence-corrected chi connectivity index (χ2v) is 4.73. The number of ether oxygens (including phenoxy) is 1. The van der Waals surface area contributed by atoms with Crippen molar-refractivity contribution in [2.45, 2.75) is 6.04 Å². The maximum absolute atomic E-state index is 12.5. The van der Waals surface area contributed by atoms with E-state index in [-0.39, 0.29) is 0 Å². The predicted octanol–water partition coefficient (Wildman–Crippen LogP) is 1.97. The van der Waals surface area contributed by atoms with Crippen molar-refractivity contribution < 1.29 is 19.4 Å². The molecule has 0 saturated heterocycles. The third kappa shape index (κ3) is 2.99. The fraction of sp³-hybridized carbons (Fsp3) is 0.200. The number of benzene rings is 2. The van der Waals surface area contributed by atoms with E-state index in [9.17, 15) is 14.7 Å². The average Bonchev–Trinajstić information content (AvgIpc) is 2.53. The van der Waals surface area contributed by atoms with Crippen molar-refractivity contribution in [2.24, 2.45) is 0 Å². The van der Waals surface area contributed by atoms with Gasteiger partial charge in [0.25, 0.3) is 5.91 Å². The molecule has 2 aromatic carbocycles. The van der Waals surface area contributed by atoms with Crippen LogP contribution in [-0.4, -0.2) is 41.2 Å². The van der Waals surface area contributed by atoms with Crippen LogP contribution in [0.1, 0.15) is 10.4 Å². The van der Waals surface area contributed by atoms with E-state index in [4.69, 9.17) is 11.8 Å². The molecule has 110 valence electrons. The van der Waals surface area contributed by atoms with Crippen LogP contribution in [0, 0.1) is 0 Å². The molecule has 0 aliphatic rings. The van der Waals surface area contributed by atoms with Crippen LogP contribution in [0.4, 0.5) is 0 Å². The van der Waals surface area contributed by atoms with Gasteiger partial charge in [0, 0.05) is 17.3 Å². The number of amides is 1. The molecule has 1 amide bonds. The van der Waals surface area contributed by atoms with Crippen LogP contribution in [0.2, 0.25) is 0 Å². The zero-order chi connectivity index (χ0) is 15.4. The molecule has 0 aliphatic carbocycles. The lowest BCUT2D eigenvalue weighted by atomic mass is 10.0. The number of rotatable bonds is 4. The topological polar surface area (TPSA) is 66.8 Å². The van der Waals surface area contributed by atoms with Crippen molar-refractivity contribution in [2.75, 3.05) is 13.7 Å². The van der Waals surface area contributed by atoms with Gasteiger partial charge in [-0.1, -0.05) is 36.4 Å². The molecule has 0 heterocycles. The number of nitrogens with zero attached hydrogens (tertiary/aromatic N) is 1. The van der Waals surface area contributed by atoms with Crippen molar-refractivity contribution in [3.05, 3.63) is 48.0 Å². The minimum absolute atomic E-state index is 0.352.